The molecule has 0 radical (unpaired) electrons. The van der Waals surface area contributed by atoms with Crippen LogP contribution in [0.25, 0.3) is 11.1 Å². The zero-order valence-corrected chi connectivity index (χ0v) is 12.5. The smallest absolute Gasteiger partial charge is 0.408 e. The molecular formula is C13H18N2O4S. The average molecular weight is 298 g/mol. The highest BCUT2D eigenvalue weighted by molar-refractivity contribution is 7.91. The van der Waals surface area contributed by atoms with Crippen molar-refractivity contribution >= 4 is 20.9 Å². The van der Waals surface area contributed by atoms with Crippen molar-refractivity contribution in [3.05, 3.63) is 28.7 Å². The van der Waals surface area contributed by atoms with Crippen molar-refractivity contribution in [3.8, 4) is 0 Å². The Labute approximate surface area is 116 Å². The van der Waals surface area contributed by atoms with Crippen LogP contribution in [0.15, 0.2) is 32.3 Å². The molecule has 0 aliphatic rings. The minimum atomic E-state index is -3.53. The van der Waals surface area contributed by atoms with E-state index >= 15 is 0 Å². The highest BCUT2D eigenvalue weighted by Gasteiger charge is 2.27. The molecule has 0 aliphatic carbocycles. The van der Waals surface area contributed by atoms with Crippen molar-refractivity contribution in [1.82, 2.24) is 4.98 Å². The monoisotopic (exact) mass is 298 g/mol. The van der Waals surface area contributed by atoms with Gasteiger partial charge in [-0.2, -0.15) is 0 Å². The number of rotatable bonds is 3. The lowest BCUT2D eigenvalue weighted by atomic mass is 9.89. The van der Waals surface area contributed by atoms with Gasteiger partial charge in [-0.1, -0.05) is 20.8 Å². The Kier molecular flexibility index (Phi) is 3.51. The number of nitrogens with two attached hydrogens (primary N) is 1. The van der Waals surface area contributed by atoms with Crippen LogP contribution < -0.4 is 11.5 Å². The minimum absolute atomic E-state index is 0.104. The Morgan fingerprint density at radius 1 is 1.35 bits per heavy atom. The third-order valence-electron chi connectivity index (χ3n) is 3.26. The van der Waals surface area contributed by atoms with Gasteiger partial charge in [-0.25, -0.2) is 13.2 Å². The molecular weight excluding hydrogens is 280 g/mol. The third kappa shape index (κ3) is 2.94. The number of hydrogen-bond donors (Lipinski definition) is 2. The largest absolute Gasteiger partial charge is 0.417 e. The van der Waals surface area contributed by atoms with Gasteiger partial charge in [0.05, 0.1) is 16.2 Å². The molecule has 0 amide bonds. The summed E-state index contributed by atoms with van der Waals surface area (Å²) in [7, 11) is -3.53. The van der Waals surface area contributed by atoms with Crippen LogP contribution >= 0.6 is 0 Å². The molecule has 20 heavy (non-hydrogen) atoms. The van der Waals surface area contributed by atoms with Crippen molar-refractivity contribution in [2.24, 2.45) is 11.1 Å². The Hall–Kier alpha value is -1.60. The average Bonchev–Trinajstić information content (AvgIpc) is 2.65. The predicted molar refractivity (Wildman–Crippen MR) is 76.3 cm³/mol. The van der Waals surface area contributed by atoms with Gasteiger partial charge in [-0.3, -0.25) is 4.98 Å². The van der Waals surface area contributed by atoms with Crippen LogP contribution in [0.1, 0.15) is 20.8 Å². The second-order valence-electron chi connectivity index (χ2n) is 5.93. The van der Waals surface area contributed by atoms with Crippen LogP contribution in [0, 0.1) is 5.41 Å². The van der Waals surface area contributed by atoms with Crippen LogP contribution in [0.2, 0.25) is 0 Å². The van der Waals surface area contributed by atoms with Crippen LogP contribution in [-0.2, 0) is 9.84 Å². The molecule has 2 aromatic rings. The first-order valence-electron chi connectivity index (χ1n) is 6.21. The molecule has 1 unspecified atom stereocenters. The van der Waals surface area contributed by atoms with Crippen LogP contribution in [0.5, 0.6) is 0 Å². The lowest BCUT2D eigenvalue weighted by Crippen LogP contribution is -2.41. The lowest BCUT2D eigenvalue weighted by molar-refractivity contribution is 0.340. The minimum Gasteiger partial charge on any atom is -0.408 e. The van der Waals surface area contributed by atoms with E-state index in [0.717, 1.165) is 0 Å². The summed E-state index contributed by atoms with van der Waals surface area (Å²) in [5.41, 5.74) is 6.31. The summed E-state index contributed by atoms with van der Waals surface area (Å²) in [6.45, 7) is 5.67. The third-order valence-corrected chi connectivity index (χ3v) is 5.03. The maximum Gasteiger partial charge on any atom is 0.417 e. The van der Waals surface area contributed by atoms with Crippen LogP contribution in [0.3, 0.4) is 0 Å². The maximum absolute atomic E-state index is 12.3. The summed E-state index contributed by atoms with van der Waals surface area (Å²) < 4.78 is 29.5. The molecule has 3 N–H and O–H groups in total. The molecule has 110 valence electrons. The van der Waals surface area contributed by atoms with E-state index < -0.39 is 21.6 Å². The number of aromatic amines is 1. The molecule has 1 aromatic carbocycles. The Morgan fingerprint density at radius 2 is 2.00 bits per heavy atom. The highest BCUT2D eigenvalue weighted by atomic mass is 32.2. The molecule has 0 saturated carbocycles. The van der Waals surface area contributed by atoms with E-state index in [-0.39, 0.29) is 21.6 Å². The number of fused-ring (bicyclic) bond motifs is 1. The van der Waals surface area contributed by atoms with Crippen LogP contribution in [0.4, 0.5) is 0 Å². The zero-order chi connectivity index (χ0) is 15.1. The standard InChI is InChI=1S/C13H18N2O4S/c1-13(2,3)11(14)7-20(17,18)8-4-5-9-10(6-8)19-12(16)15-9/h4-6,11H,7,14H2,1-3H3,(H,15,16). The summed E-state index contributed by atoms with van der Waals surface area (Å²) in [5.74, 6) is -0.766. The van der Waals surface area contributed by atoms with Crippen molar-refractivity contribution < 1.29 is 12.8 Å². The zero-order valence-electron chi connectivity index (χ0n) is 11.6. The molecule has 0 spiro atoms. The van der Waals surface area contributed by atoms with Crippen molar-refractivity contribution in [2.45, 2.75) is 31.7 Å². The number of hydrogen-bond acceptors (Lipinski definition) is 5. The first kappa shape index (κ1) is 14.8. The molecule has 0 aliphatic heterocycles. The summed E-state index contributed by atoms with van der Waals surface area (Å²) in [6, 6.07) is 3.81. The van der Waals surface area contributed by atoms with Gasteiger partial charge in [0.25, 0.3) is 0 Å². The fraction of sp³-hybridized carbons (Fsp3) is 0.462. The van der Waals surface area contributed by atoms with Crippen LogP contribution in [-0.4, -0.2) is 25.2 Å². The fourth-order valence-electron chi connectivity index (χ4n) is 1.70. The molecule has 1 aromatic heterocycles. The van der Waals surface area contributed by atoms with Gasteiger partial charge in [0.2, 0.25) is 0 Å². The first-order valence-corrected chi connectivity index (χ1v) is 7.86. The van der Waals surface area contributed by atoms with Crippen molar-refractivity contribution in [2.75, 3.05) is 5.75 Å². The second kappa shape index (κ2) is 4.75. The molecule has 7 heteroatoms. The Bertz CT molecular complexity index is 781. The highest BCUT2D eigenvalue weighted by Crippen LogP contribution is 2.23. The van der Waals surface area contributed by atoms with Gasteiger partial charge in [-0.05, 0) is 17.5 Å². The van der Waals surface area contributed by atoms with E-state index in [1.807, 2.05) is 20.8 Å². The number of nitrogens with one attached hydrogen (secondary N) is 1. The molecule has 1 heterocycles. The van der Waals surface area contributed by atoms with Gasteiger partial charge in [-0.15, -0.1) is 0 Å². The van der Waals surface area contributed by atoms with E-state index in [1.54, 1.807) is 0 Å². The van der Waals surface area contributed by atoms with E-state index in [1.165, 1.54) is 18.2 Å². The Balaban J connectivity index is 2.39. The fourth-order valence-corrected chi connectivity index (χ4v) is 3.43. The molecule has 0 bridgehead atoms. The number of aromatic nitrogens is 1. The maximum atomic E-state index is 12.3. The normalized spacial score (nSPS) is 14.6. The summed E-state index contributed by atoms with van der Waals surface area (Å²) >= 11 is 0. The molecule has 0 saturated heterocycles. The van der Waals surface area contributed by atoms with Gasteiger partial charge >= 0.3 is 5.76 Å². The number of H-pyrrole nitrogens is 1. The lowest BCUT2D eigenvalue weighted by Gasteiger charge is -2.26. The molecule has 1 atom stereocenters. The quantitative estimate of drug-likeness (QED) is 0.887. The van der Waals surface area contributed by atoms with E-state index in [4.69, 9.17) is 10.2 Å². The Morgan fingerprint density at radius 3 is 2.60 bits per heavy atom. The molecule has 0 fully saturated rings. The van der Waals surface area contributed by atoms with E-state index in [0.29, 0.717) is 5.52 Å². The number of sulfone groups is 1. The number of oxazole rings is 1. The second-order valence-corrected chi connectivity index (χ2v) is 7.96. The summed E-state index contributed by atoms with van der Waals surface area (Å²) in [4.78, 5) is 13.6. The molecule has 6 nitrogen and oxygen atoms in total. The SMILES string of the molecule is CC(C)(C)C(N)CS(=O)(=O)c1ccc2[nH]c(=O)oc2c1. The number of benzene rings is 1. The topological polar surface area (TPSA) is 106 Å². The van der Waals surface area contributed by atoms with Gasteiger partial charge in [0.15, 0.2) is 15.4 Å². The first-order chi connectivity index (χ1) is 9.09. The summed E-state index contributed by atoms with van der Waals surface area (Å²) in [6.07, 6.45) is 0. The predicted octanol–water partition coefficient (Wildman–Crippen LogP) is 1.27. The van der Waals surface area contributed by atoms with Crippen molar-refractivity contribution in [3.63, 3.8) is 0 Å². The van der Waals surface area contributed by atoms with E-state index in [2.05, 4.69) is 4.98 Å². The van der Waals surface area contributed by atoms with Gasteiger partial charge in [0, 0.05) is 12.1 Å². The van der Waals surface area contributed by atoms with Gasteiger partial charge in [0.1, 0.15) is 0 Å². The van der Waals surface area contributed by atoms with Gasteiger partial charge < -0.3 is 10.2 Å². The van der Waals surface area contributed by atoms with E-state index in [9.17, 15) is 13.2 Å². The van der Waals surface area contributed by atoms with Crippen molar-refractivity contribution in [1.29, 1.82) is 0 Å². The summed E-state index contributed by atoms with van der Waals surface area (Å²) in [5, 5.41) is 0. The molecule has 2 rings (SSSR count).